The molecule has 1 atom stereocenters. The second-order valence-electron chi connectivity index (χ2n) is 9.65. The summed E-state index contributed by atoms with van der Waals surface area (Å²) in [7, 11) is 0. The Morgan fingerprint density at radius 2 is 1.68 bits per heavy atom. The van der Waals surface area contributed by atoms with Crippen LogP contribution in [0.1, 0.15) is 71.8 Å². The van der Waals surface area contributed by atoms with Crippen LogP contribution in [0.3, 0.4) is 0 Å². The van der Waals surface area contributed by atoms with E-state index in [9.17, 15) is 5.26 Å². The van der Waals surface area contributed by atoms with Gasteiger partial charge in [-0.2, -0.15) is 5.26 Å². The first-order chi connectivity index (χ1) is 13.4. The molecule has 0 amide bonds. The lowest BCUT2D eigenvalue weighted by atomic mass is 9.74. The van der Waals surface area contributed by atoms with Crippen molar-refractivity contribution < 1.29 is 0 Å². The molecule has 3 aliphatic rings. The van der Waals surface area contributed by atoms with Crippen LogP contribution in [0.25, 0.3) is 0 Å². The van der Waals surface area contributed by atoms with Gasteiger partial charge < -0.3 is 4.90 Å². The van der Waals surface area contributed by atoms with Crippen LogP contribution in [-0.4, -0.2) is 47.6 Å². The monoisotopic (exact) mass is 381 g/mol. The van der Waals surface area contributed by atoms with Gasteiger partial charge in [0.15, 0.2) is 0 Å². The van der Waals surface area contributed by atoms with Gasteiger partial charge in [-0.3, -0.25) is 4.90 Å². The molecule has 1 aromatic rings. The first kappa shape index (κ1) is 21.3. The van der Waals surface area contributed by atoms with Gasteiger partial charge in [0.25, 0.3) is 0 Å². The molecular formula is C25H39N3. The molecule has 2 bridgehead atoms. The molecule has 154 valence electrons. The van der Waals surface area contributed by atoms with Gasteiger partial charge in [0.1, 0.15) is 0 Å². The van der Waals surface area contributed by atoms with Gasteiger partial charge in [-0.15, -0.1) is 0 Å². The van der Waals surface area contributed by atoms with Crippen LogP contribution in [0, 0.1) is 17.2 Å². The van der Waals surface area contributed by atoms with Gasteiger partial charge in [-0.05, 0) is 77.7 Å². The van der Waals surface area contributed by atoms with Crippen molar-refractivity contribution >= 4 is 0 Å². The number of piperidine rings is 2. The lowest BCUT2D eigenvalue weighted by molar-refractivity contribution is 0.0435. The molecular weight excluding hydrogens is 342 g/mol. The number of hydrogen-bond donors (Lipinski definition) is 0. The maximum Gasteiger partial charge on any atom is 0.0846 e. The lowest BCUT2D eigenvalue weighted by Crippen LogP contribution is -2.49. The average molecular weight is 382 g/mol. The fraction of sp³-hybridized carbons (Fsp3) is 0.720. The standard InChI is InChI=1S/C25H39N3/c1-20(2)28(21(3)4)17-15-25(19-26,23-8-6-5-7-9-23)14-16-27-18-22-10-12-24(27)13-11-22/h5-9,20-22,24H,10-18H2,1-4H3. The van der Waals surface area contributed by atoms with Gasteiger partial charge in [0, 0.05) is 37.8 Å². The Labute approximate surface area is 172 Å². The topological polar surface area (TPSA) is 30.3 Å². The highest BCUT2D eigenvalue weighted by molar-refractivity contribution is 5.32. The van der Waals surface area contributed by atoms with E-state index in [0.29, 0.717) is 12.1 Å². The second kappa shape index (κ2) is 9.42. The Bertz CT molecular complexity index is 632. The van der Waals surface area contributed by atoms with E-state index in [2.05, 4.69) is 73.9 Å². The summed E-state index contributed by atoms with van der Waals surface area (Å²) in [6, 6.07) is 15.1. The van der Waals surface area contributed by atoms with Crippen molar-refractivity contribution in [3.63, 3.8) is 0 Å². The van der Waals surface area contributed by atoms with Crippen molar-refractivity contribution in [2.24, 2.45) is 5.92 Å². The predicted octanol–water partition coefficient (Wildman–Crippen LogP) is 5.22. The third-order valence-corrected chi connectivity index (χ3v) is 7.31. The fourth-order valence-corrected chi connectivity index (χ4v) is 5.56. The van der Waals surface area contributed by atoms with Crippen LogP contribution in [0.2, 0.25) is 0 Å². The van der Waals surface area contributed by atoms with Crippen molar-refractivity contribution in [3.05, 3.63) is 35.9 Å². The lowest BCUT2D eigenvalue weighted by Gasteiger charge is -2.46. The average Bonchev–Trinajstić information content (AvgIpc) is 2.72. The zero-order valence-electron chi connectivity index (χ0n) is 18.4. The zero-order chi connectivity index (χ0) is 20.1. The highest BCUT2D eigenvalue weighted by Gasteiger charge is 2.37. The van der Waals surface area contributed by atoms with E-state index in [-0.39, 0.29) is 5.41 Å². The Hall–Kier alpha value is -1.37. The number of benzene rings is 1. The van der Waals surface area contributed by atoms with E-state index >= 15 is 0 Å². The van der Waals surface area contributed by atoms with Gasteiger partial charge in [0.2, 0.25) is 0 Å². The molecule has 2 heterocycles. The minimum Gasteiger partial charge on any atom is -0.300 e. The molecule has 3 heteroatoms. The Morgan fingerprint density at radius 3 is 2.18 bits per heavy atom. The summed E-state index contributed by atoms with van der Waals surface area (Å²) in [4.78, 5) is 5.23. The Balaban J connectivity index is 1.75. The number of rotatable bonds is 9. The number of fused-ring (bicyclic) bond motifs is 3. The van der Waals surface area contributed by atoms with Crippen LogP contribution in [0.4, 0.5) is 0 Å². The molecule has 1 aromatic carbocycles. The SMILES string of the molecule is CC(C)N(CCC(C#N)(CCN1CC2CCC1CC2)c1ccccc1)C(C)C. The summed E-state index contributed by atoms with van der Waals surface area (Å²) in [5, 5.41) is 10.4. The summed E-state index contributed by atoms with van der Waals surface area (Å²) < 4.78 is 0. The molecule has 4 rings (SSSR count). The van der Waals surface area contributed by atoms with Crippen LogP contribution in [0.5, 0.6) is 0 Å². The zero-order valence-corrected chi connectivity index (χ0v) is 18.4. The van der Waals surface area contributed by atoms with Crippen LogP contribution in [-0.2, 0) is 5.41 Å². The molecule has 1 saturated carbocycles. The minimum absolute atomic E-state index is 0.389. The summed E-state index contributed by atoms with van der Waals surface area (Å²) in [6.45, 7) is 12.4. The molecule has 0 N–H and O–H groups in total. The minimum atomic E-state index is -0.389. The van der Waals surface area contributed by atoms with Gasteiger partial charge in [-0.25, -0.2) is 0 Å². The third-order valence-electron chi connectivity index (χ3n) is 7.31. The van der Waals surface area contributed by atoms with Gasteiger partial charge in [0.05, 0.1) is 11.5 Å². The molecule has 0 radical (unpaired) electrons. The third kappa shape index (κ3) is 4.78. The predicted molar refractivity (Wildman–Crippen MR) is 117 cm³/mol. The van der Waals surface area contributed by atoms with Crippen molar-refractivity contribution in [2.45, 2.75) is 89.8 Å². The quantitative estimate of drug-likeness (QED) is 0.587. The maximum absolute atomic E-state index is 10.4. The van der Waals surface area contributed by atoms with E-state index in [4.69, 9.17) is 0 Å². The van der Waals surface area contributed by atoms with E-state index in [0.717, 1.165) is 37.9 Å². The Morgan fingerprint density at radius 1 is 1.04 bits per heavy atom. The largest absolute Gasteiger partial charge is 0.300 e. The molecule has 1 unspecified atom stereocenters. The van der Waals surface area contributed by atoms with E-state index in [1.807, 2.05) is 0 Å². The van der Waals surface area contributed by atoms with Crippen LogP contribution in [0.15, 0.2) is 30.3 Å². The van der Waals surface area contributed by atoms with E-state index in [1.54, 1.807) is 0 Å². The first-order valence-corrected chi connectivity index (χ1v) is 11.4. The summed E-state index contributed by atoms with van der Waals surface area (Å²) >= 11 is 0. The molecule has 2 saturated heterocycles. The fourth-order valence-electron chi connectivity index (χ4n) is 5.56. The van der Waals surface area contributed by atoms with E-state index < -0.39 is 0 Å². The number of hydrogen-bond acceptors (Lipinski definition) is 3. The molecule has 3 nitrogen and oxygen atoms in total. The van der Waals surface area contributed by atoms with Crippen molar-refractivity contribution in [1.29, 1.82) is 5.26 Å². The van der Waals surface area contributed by atoms with E-state index in [1.165, 1.54) is 37.8 Å². The molecule has 2 aliphatic heterocycles. The first-order valence-electron chi connectivity index (χ1n) is 11.4. The second-order valence-corrected chi connectivity index (χ2v) is 9.65. The molecule has 1 aliphatic carbocycles. The highest BCUT2D eigenvalue weighted by atomic mass is 15.2. The van der Waals surface area contributed by atoms with Crippen LogP contribution < -0.4 is 0 Å². The Kier molecular flexibility index (Phi) is 7.18. The molecule has 28 heavy (non-hydrogen) atoms. The number of nitriles is 1. The highest BCUT2D eigenvalue weighted by Crippen LogP contribution is 2.37. The summed E-state index contributed by atoms with van der Waals surface area (Å²) in [5.41, 5.74) is 0.812. The van der Waals surface area contributed by atoms with Crippen molar-refractivity contribution in [2.75, 3.05) is 19.6 Å². The van der Waals surface area contributed by atoms with Crippen molar-refractivity contribution in [3.8, 4) is 6.07 Å². The molecule has 0 aromatic heterocycles. The molecule has 3 fully saturated rings. The summed E-state index contributed by atoms with van der Waals surface area (Å²) in [6.07, 6.45) is 7.42. The van der Waals surface area contributed by atoms with Crippen LogP contribution >= 0.6 is 0 Å². The maximum atomic E-state index is 10.4. The summed E-state index contributed by atoms with van der Waals surface area (Å²) in [5.74, 6) is 0.899. The van der Waals surface area contributed by atoms with Gasteiger partial charge in [-0.1, -0.05) is 30.3 Å². The smallest absolute Gasteiger partial charge is 0.0846 e. The number of nitrogens with zero attached hydrogens (tertiary/aromatic N) is 3. The van der Waals surface area contributed by atoms with Gasteiger partial charge >= 0.3 is 0 Å². The normalized spacial score (nSPS) is 24.6. The molecule has 0 spiro atoms. The van der Waals surface area contributed by atoms with Crippen molar-refractivity contribution in [1.82, 2.24) is 9.80 Å².